The fourth-order valence-electron chi connectivity index (χ4n) is 3.32. The number of rotatable bonds is 7. The molecule has 0 saturated carbocycles. The van der Waals surface area contributed by atoms with Crippen LogP contribution in [0.25, 0.3) is 0 Å². The standard InChI is InChI=1S/C18H36N4O3/c1-5-19-16(21-15-18(23-4)6-10-24-11-7-18)20-14-17(2,3)22-8-12-25-13-9-22/h5-15H2,1-4H3,(H2,19,20,21). The first kappa shape index (κ1) is 20.4. The largest absolute Gasteiger partial charge is 0.381 e. The molecule has 7 heteroatoms. The molecule has 2 N–H and O–H groups in total. The van der Waals surface area contributed by atoms with Crippen molar-refractivity contribution in [3.63, 3.8) is 0 Å². The first-order valence-electron chi connectivity index (χ1n) is 9.49. The van der Waals surface area contributed by atoms with Crippen molar-refractivity contribution in [2.75, 3.05) is 66.3 Å². The Kier molecular flexibility index (Phi) is 7.93. The van der Waals surface area contributed by atoms with Crippen molar-refractivity contribution in [1.82, 2.24) is 15.5 Å². The van der Waals surface area contributed by atoms with Gasteiger partial charge >= 0.3 is 0 Å². The number of aliphatic imine (C=N–C) groups is 1. The van der Waals surface area contributed by atoms with Crippen molar-refractivity contribution in [3.05, 3.63) is 0 Å². The number of ether oxygens (including phenoxy) is 3. The van der Waals surface area contributed by atoms with Crippen molar-refractivity contribution >= 4 is 5.96 Å². The van der Waals surface area contributed by atoms with Crippen LogP contribution in [0.1, 0.15) is 33.6 Å². The van der Waals surface area contributed by atoms with Crippen LogP contribution in [0, 0.1) is 0 Å². The van der Waals surface area contributed by atoms with Crippen molar-refractivity contribution in [1.29, 1.82) is 0 Å². The van der Waals surface area contributed by atoms with E-state index in [2.05, 4.69) is 36.3 Å². The van der Waals surface area contributed by atoms with Gasteiger partial charge in [0, 0.05) is 64.9 Å². The molecule has 2 aliphatic rings. The van der Waals surface area contributed by atoms with Gasteiger partial charge in [-0.25, -0.2) is 0 Å². The van der Waals surface area contributed by atoms with E-state index in [1.54, 1.807) is 7.11 Å². The van der Waals surface area contributed by atoms with E-state index in [4.69, 9.17) is 19.2 Å². The minimum absolute atomic E-state index is 0.0176. The van der Waals surface area contributed by atoms with E-state index in [1.807, 2.05) is 0 Å². The van der Waals surface area contributed by atoms with Crippen molar-refractivity contribution in [3.8, 4) is 0 Å². The van der Waals surface area contributed by atoms with Crippen LogP contribution in [0.15, 0.2) is 4.99 Å². The maximum absolute atomic E-state index is 5.80. The van der Waals surface area contributed by atoms with Gasteiger partial charge in [0.1, 0.15) is 0 Å². The van der Waals surface area contributed by atoms with Crippen LogP contribution in [-0.4, -0.2) is 88.3 Å². The summed E-state index contributed by atoms with van der Waals surface area (Å²) in [5.41, 5.74) is -0.141. The van der Waals surface area contributed by atoms with E-state index in [0.29, 0.717) is 0 Å². The van der Waals surface area contributed by atoms with Gasteiger partial charge in [0.05, 0.1) is 25.4 Å². The molecule has 0 bridgehead atoms. The minimum atomic E-state index is -0.159. The first-order valence-corrected chi connectivity index (χ1v) is 9.49. The van der Waals surface area contributed by atoms with Crippen LogP contribution >= 0.6 is 0 Å². The minimum Gasteiger partial charge on any atom is -0.381 e. The van der Waals surface area contributed by atoms with Crippen LogP contribution < -0.4 is 10.6 Å². The average Bonchev–Trinajstić information content (AvgIpc) is 2.65. The third-order valence-corrected chi connectivity index (χ3v) is 5.25. The summed E-state index contributed by atoms with van der Waals surface area (Å²) in [7, 11) is 1.79. The number of guanidine groups is 1. The van der Waals surface area contributed by atoms with Crippen molar-refractivity contribution in [2.24, 2.45) is 4.99 Å². The Hall–Kier alpha value is -0.890. The normalized spacial score (nSPS) is 22.6. The van der Waals surface area contributed by atoms with E-state index < -0.39 is 0 Å². The van der Waals surface area contributed by atoms with Crippen molar-refractivity contribution in [2.45, 2.75) is 44.8 Å². The molecule has 0 aliphatic carbocycles. The second-order valence-corrected chi connectivity index (χ2v) is 7.46. The highest BCUT2D eigenvalue weighted by Crippen LogP contribution is 2.23. The van der Waals surface area contributed by atoms with E-state index >= 15 is 0 Å². The number of nitrogens with zero attached hydrogens (tertiary/aromatic N) is 2. The Morgan fingerprint density at radius 1 is 1.12 bits per heavy atom. The highest BCUT2D eigenvalue weighted by Gasteiger charge is 2.33. The number of methoxy groups -OCH3 is 1. The lowest BCUT2D eigenvalue weighted by atomic mass is 9.94. The summed E-state index contributed by atoms with van der Waals surface area (Å²) in [6, 6.07) is 0. The van der Waals surface area contributed by atoms with Gasteiger partial charge in [-0.1, -0.05) is 0 Å². The molecule has 25 heavy (non-hydrogen) atoms. The Bertz CT molecular complexity index is 417. The van der Waals surface area contributed by atoms with Gasteiger partial charge in [-0.3, -0.25) is 9.89 Å². The molecule has 0 radical (unpaired) electrons. The fourth-order valence-corrected chi connectivity index (χ4v) is 3.32. The molecule has 2 fully saturated rings. The SMILES string of the molecule is CCNC(=NCC(C)(C)N1CCOCC1)NCC1(OC)CCOCC1. The highest BCUT2D eigenvalue weighted by atomic mass is 16.5. The molecule has 0 spiro atoms. The lowest BCUT2D eigenvalue weighted by Crippen LogP contribution is -2.53. The van der Waals surface area contributed by atoms with Crippen LogP contribution in [0.3, 0.4) is 0 Å². The van der Waals surface area contributed by atoms with E-state index in [9.17, 15) is 0 Å². The van der Waals surface area contributed by atoms with E-state index in [-0.39, 0.29) is 11.1 Å². The topological polar surface area (TPSA) is 67.4 Å². The number of morpholine rings is 1. The van der Waals surface area contributed by atoms with Gasteiger partial charge < -0.3 is 24.8 Å². The molecule has 0 aromatic carbocycles. The second kappa shape index (κ2) is 9.71. The van der Waals surface area contributed by atoms with Crippen LogP contribution in [-0.2, 0) is 14.2 Å². The maximum atomic E-state index is 5.80. The zero-order valence-corrected chi connectivity index (χ0v) is 16.4. The Labute approximate surface area is 152 Å². The number of hydrogen-bond acceptors (Lipinski definition) is 5. The molecule has 2 heterocycles. The van der Waals surface area contributed by atoms with Crippen LogP contribution in [0.2, 0.25) is 0 Å². The van der Waals surface area contributed by atoms with Gasteiger partial charge in [0.15, 0.2) is 5.96 Å². The van der Waals surface area contributed by atoms with Crippen LogP contribution in [0.5, 0.6) is 0 Å². The lowest BCUT2D eigenvalue weighted by molar-refractivity contribution is -0.0855. The summed E-state index contributed by atoms with van der Waals surface area (Å²) < 4.78 is 16.7. The maximum Gasteiger partial charge on any atom is 0.191 e. The Balaban J connectivity index is 1.92. The molecule has 0 aromatic rings. The molecular weight excluding hydrogens is 320 g/mol. The molecule has 0 amide bonds. The third kappa shape index (κ3) is 6.09. The Morgan fingerprint density at radius 3 is 2.36 bits per heavy atom. The zero-order valence-electron chi connectivity index (χ0n) is 16.4. The highest BCUT2D eigenvalue weighted by molar-refractivity contribution is 5.79. The predicted octanol–water partition coefficient (Wildman–Crippen LogP) is 0.848. The van der Waals surface area contributed by atoms with Gasteiger partial charge in [0.25, 0.3) is 0 Å². The smallest absolute Gasteiger partial charge is 0.191 e. The first-order chi connectivity index (χ1) is 12.0. The molecule has 146 valence electrons. The predicted molar refractivity (Wildman–Crippen MR) is 100 cm³/mol. The van der Waals surface area contributed by atoms with Crippen molar-refractivity contribution < 1.29 is 14.2 Å². The van der Waals surface area contributed by atoms with E-state index in [1.165, 1.54) is 0 Å². The summed E-state index contributed by atoms with van der Waals surface area (Å²) in [5, 5.41) is 6.82. The van der Waals surface area contributed by atoms with Gasteiger partial charge in [0.2, 0.25) is 0 Å². The van der Waals surface area contributed by atoms with E-state index in [0.717, 1.165) is 78.0 Å². The number of nitrogens with one attached hydrogen (secondary N) is 2. The molecule has 0 unspecified atom stereocenters. The van der Waals surface area contributed by atoms with Crippen LogP contribution in [0.4, 0.5) is 0 Å². The summed E-state index contributed by atoms with van der Waals surface area (Å²) in [6.07, 6.45) is 1.82. The summed E-state index contributed by atoms with van der Waals surface area (Å²) in [4.78, 5) is 7.29. The quantitative estimate of drug-likeness (QED) is 0.521. The summed E-state index contributed by atoms with van der Waals surface area (Å²) in [6.45, 7) is 14.0. The zero-order chi connectivity index (χ0) is 18.2. The fraction of sp³-hybridized carbons (Fsp3) is 0.944. The van der Waals surface area contributed by atoms with Gasteiger partial charge in [-0.05, 0) is 20.8 Å². The summed E-state index contributed by atoms with van der Waals surface area (Å²) >= 11 is 0. The average molecular weight is 357 g/mol. The van der Waals surface area contributed by atoms with Gasteiger partial charge in [-0.15, -0.1) is 0 Å². The second-order valence-electron chi connectivity index (χ2n) is 7.46. The third-order valence-electron chi connectivity index (χ3n) is 5.25. The molecular formula is C18H36N4O3. The molecule has 2 rings (SSSR count). The molecule has 2 saturated heterocycles. The molecule has 7 nitrogen and oxygen atoms in total. The lowest BCUT2D eigenvalue weighted by Gasteiger charge is -2.40. The molecule has 0 aromatic heterocycles. The summed E-state index contributed by atoms with van der Waals surface area (Å²) in [5.74, 6) is 0.853. The van der Waals surface area contributed by atoms with Gasteiger partial charge in [-0.2, -0.15) is 0 Å². The number of hydrogen-bond donors (Lipinski definition) is 2. The molecule has 0 atom stereocenters. The Morgan fingerprint density at radius 2 is 1.76 bits per heavy atom. The molecule has 2 aliphatic heterocycles. The monoisotopic (exact) mass is 356 g/mol.